The van der Waals surface area contributed by atoms with Gasteiger partial charge >= 0.3 is 0 Å². The third-order valence-electron chi connectivity index (χ3n) is 3.61. The van der Waals surface area contributed by atoms with Crippen molar-refractivity contribution in [2.45, 2.75) is 45.6 Å². The van der Waals surface area contributed by atoms with Gasteiger partial charge in [0.2, 0.25) is 10.0 Å². The molecule has 1 aromatic rings. The van der Waals surface area contributed by atoms with E-state index in [0.29, 0.717) is 18.2 Å². The Kier molecular flexibility index (Phi) is 5.68. The first-order chi connectivity index (χ1) is 9.87. The number of sulfonamides is 1. The van der Waals surface area contributed by atoms with Gasteiger partial charge in [0.25, 0.3) is 0 Å². The predicted molar refractivity (Wildman–Crippen MR) is 91.3 cm³/mol. The Morgan fingerprint density at radius 3 is 2.38 bits per heavy atom. The molecular weight excluding hydrogens is 352 g/mol. The second-order valence-electron chi connectivity index (χ2n) is 5.77. The molecule has 0 aliphatic heterocycles. The van der Waals surface area contributed by atoms with Gasteiger partial charge in [0.05, 0.1) is 11.4 Å². The number of rotatable bonds is 8. The van der Waals surface area contributed by atoms with Crippen LogP contribution in [0.15, 0.2) is 16.6 Å². The lowest BCUT2D eigenvalue weighted by molar-refractivity contribution is 0.591. The van der Waals surface area contributed by atoms with E-state index in [1.165, 1.54) is 12.8 Å². The van der Waals surface area contributed by atoms with Gasteiger partial charge in [-0.3, -0.25) is 4.72 Å². The second kappa shape index (κ2) is 7.11. The van der Waals surface area contributed by atoms with Gasteiger partial charge < -0.3 is 5.32 Å². The Morgan fingerprint density at radius 2 is 1.81 bits per heavy atom. The van der Waals surface area contributed by atoms with Crippen LogP contribution < -0.4 is 10.0 Å². The van der Waals surface area contributed by atoms with E-state index >= 15 is 0 Å². The molecule has 6 heteroatoms. The van der Waals surface area contributed by atoms with E-state index in [4.69, 9.17) is 0 Å². The number of benzene rings is 1. The highest BCUT2D eigenvalue weighted by molar-refractivity contribution is 9.10. The fourth-order valence-corrected chi connectivity index (χ4v) is 4.29. The van der Waals surface area contributed by atoms with E-state index < -0.39 is 10.0 Å². The van der Waals surface area contributed by atoms with E-state index in [0.717, 1.165) is 28.6 Å². The number of hydrogen-bond donors (Lipinski definition) is 2. The summed E-state index contributed by atoms with van der Waals surface area (Å²) in [5.41, 5.74) is 2.57. The first-order valence-corrected chi connectivity index (χ1v) is 9.82. The molecule has 2 N–H and O–H groups in total. The van der Waals surface area contributed by atoms with Crippen LogP contribution in [-0.4, -0.2) is 26.8 Å². The summed E-state index contributed by atoms with van der Waals surface area (Å²) in [7, 11) is -3.27. The van der Waals surface area contributed by atoms with Crippen molar-refractivity contribution in [3.8, 4) is 0 Å². The third kappa shape index (κ3) is 5.60. The average molecular weight is 375 g/mol. The van der Waals surface area contributed by atoms with Crippen molar-refractivity contribution >= 4 is 31.6 Å². The molecule has 0 radical (unpaired) electrons. The summed E-state index contributed by atoms with van der Waals surface area (Å²) >= 11 is 3.42. The van der Waals surface area contributed by atoms with Gasteiger partial charge in [0, 0.05) is 10.5 Å². The lowest BCUT2D eigenvalue weighted by Gasteiger charge is -2.14. The zero-order valence-electron chi connectivity index (χ0n) is 12.6. The number of unbranched alkanes of at least 4 members (excludes halogenated alkanes) is 1. The maximum absolute atomic E-state index is 12.2. The van der Waals surface area contributed by atoms with Crippen LogP contribution in [0, 0.1) is 13.8 Å². The maximum Gasteiger partial charge on any atom is 0.232 e. The SMILES string of the molecule is Cc1cc(Br)cc(C)c1NS(=O)(=O)CCCCNC1CC1. The van der Waals surface area contributed by atoms with E-state index in [1.807, 2.05) is 26.0 Å². The molecular formula is C15H23BrN2O2S. The molecule has 2 rings (SSSR count). The largest absolute Gasteiger partial charge is 0.314 e. The van der Waals surface area contributed by atoms with Crippen molar-refractivity contribution in [3.63, 3.8) is 0 Å². The molecule has 4 nitrogen and oxygen atoms in total. The van der Waals surface area contributed by atoms with Gasteiger partial charge in [-0.05, 0) is 69.3 Å². The average Bonchev–Trinajstić information content (AvgIpc) is 3.17. The van der Waals surface area contributed by atoms with Crippen molar-refractivity contribution in [1.29, 1.82) is 0 Å². The number of nitrogens with one attached hydrogen (secondary N) is 2. The standard InChI is InChI=1S/C15H23BrN2O2S/c1-11-9-13(16)10-12(2)15(11)18-21(19,20)8-4-3-7-17-14-5-6-14/h9-10,14,17-18H,3-8H2,1-2H3. The molecule has 0 spiro atoms. The van der Waals surface area contributed by atoms with E-state index in [9.17, 15) is 8.42 Å². The van der Waals surface area contributed by atoms with Crippen LogP contribution in [0.5, 0.6) is 0 Å². The summed E-state index contributed by atoms with van der Waals surface area (Å²) in [4.78, 5) is 0. The van der Waals surface area contributed by atoms with Crippen LogP contribution in [0.2, 0.25) is 0 Å². The summed E-state index contributed by atoms with van der Waals surface area (Å²) in [5.74, 6) is 0.175. The Hall–Kier alpha value is -0.590. The van der Waals surface area contributed by atoms with Gasteiger partial charge in [0.1, 0.15) is 0 Å². The molecule has 0 unspecified atom stereocenters. The highest BCUT2D eigenvalue weighted by Gasteiger charge is 2.19. The van der Waals surface area contributed by atoms with Crippen LogP contribution >= 0.6 is 15.9 Å². The highest BCUT2D eigenvalue weighted by Crippen LogP contribution is 2.26. The fourth-order valence-electron chi connectivity index (χ4n) is 2.29. The second-order valence-corrected chi connectivity index (χ2v) is 8.53. The van der Waals surface area contributed by atoms with Gasteiger partial charge in [-0.15, -0.1) is 0 Å². The molecule has 0 aromatic heterocycles. The van der Waals surface area contributed by atoms with Crippen LogP contribution in [0.4, 0.5) is 5.69 Å². The minimum absolute atomic E-state index is 0.175. The van der Waals surface area contributed by atoms with Crippen molar-refractivity contribution < 1.29 is 8.42 Å². The van der Waals surface area contributed by atoms with Crippen LogP contribution in [0.3, 0.4) is 0 Å². The maximum atomic E-state index is 12.2. The Morgan fingerprint density at radius 1 is 1.19 bits per heavy atom. The molecule has 1 aromatic carbocycles. The molecule has 1 aliphatic carbocycles. The number of halogens is 1. The number of anilines is 1. The third-order valence-corrected chi connectivity index (χ3v) is 5.40. The van der Waals surface area contributed by atoms with E-state index in [2.05, 4.69) is 26.0 Å². The summed E-state index contributed by atoms with van der Waals surface area (Å²) in [6.45, 7) is 4.74. The Labute approximate surface area is 135 Å². The van der Waals surface area contributed by atoms with Crippen LogP contribution in [0.1, 0.15) is 36.8 Å². The molecule has 21 heavy (non-hydrogen) atoms. The fraction of sp³-hybridized carbons (Fsp3) is 0.600. The molecule has 0 saturated heterocycles. The summed E-state index contributed by atoms with van der Waals surface area (Å²) in [6.07, 6.45) is 4.11. The van der Waals surface area contributed by atoms with Crippen LogP contribution in [0.25, 0.3) is 0 Å². The monoisotopic (exact) mass is 374 g/mol. The minimum atomic E-state index is -3.27. The molecule has 1 saturated carbocycles. The van der Waals surface area contributed by atoms with Gasteiger partial charge in [0.15, 0.2) is 0 Å². The van der Waals surface area contributed by atoms with Crippen LogP contribution in [-0.2, 0) is 10.0 Å². The molecule has 0 amide bonds. The minimum Gasteiger partial charge on any atom is -0.314 e. The lowest BCUT2D eigenvalue weighted by atomic mass is 10.1. The normalized spacial score (nSPS) is 15.2. The van der Waals surface area contributed by atoms with E-state index in [1.54, 1.807) is 0 Å². The smallest absolute Gasteiger partial charge is 0.232 e. The zero-order chi connectivity index (χ0) is 15.5. The molecule has 0 atom stereocenters. The summed E-state index contributed by atoms with van der Waals surface area (Å²) in [5, 5.41) is 3.40. The first-order valence-electron chi connectivity index (χ1n) is 7.38. The lowest BCUT2D eigenvalue weighted by Crippen LogP contribution is -2.21. The molecule has 0 bridgehead atoms. The molecule has 1 aliphatic rings. The number of aryl methyl sites for hydroxylation is 2. The predicted octanol–water partition coefficient (Wildman–Crippen LogP) is 3.34. The van der Waals surface area contributed by atoms with Crippen molar-refractivity contribution in [3.05, 3.63) is 27.7 Å². The molecule has 118 valence electrons. The van der Waals surface area contributed by atoms with Crippen molar-refractivity contribution in [1.82, 2.24) is 5.32 Å². The van der Waals surface area contributed by atoms with Gasteiger partial charge in [-0.1, -0.05) is 15.9 Å². The molecule has 1 fully saturated rings. The molecule has 0 heterocycles. The summed E-state index contributed by atoms with van der Waals surface area (Å²) < 4.78 is 28.0. The topological polar surface area (TPSA) is 58.2 Å². The number of hydrogen-bond acceptors (Lipinski definition) is 3. The van der Waals surface area contributed by atoms with Gasteiger partial charge in [-0.25, -0.2) is 8.42 Å². The van der Waals surface area contributed by atoms with E-state index in [-0.39, 0.29) is 5.75 Å². The Balaban J connectivity index is 1.85. The van der Waals surface area contributed by atoms with Crippen molar-refractivity contribution in [2.24, 2.45) is 0 Å². The highest BCUT2D eigenvalue weighted by atomic mass is 79.9. The van der Waals surface area contributed by atoms with Gasteiger partial charge in [-0.2, -0.15) is 0 Å². The van der Waals surface area contributed by atoms with Crippen molar-refractivity contribution in [2.75, 3.05) is 17.0 Å². The quantitative estimate of drug-likeness (QED) is 0.686. The zero-order valence-corrected chi connectivity index (χ0v) is 15.0. The first kappa shape index (κ1) is 16.8. The Bertz CT molecular complexity index is 575. The summed E-state index contributed by atoms with van der Waals surface area (Å²) in [6, 6.07) is 4.53.